The highest BCUT2D eigenvalue weighted by Crippen LogP contribution is 2.26. The lowest BCUT2D eigenvalue weighted by atomic mass is 10.2. The summed E-state index contributed by atoms with van der Waals surface area (Å²) < 4.78 is 34.1. The molecular weight excluding hydrogens is 392 g/mol. The Labute approximate surface area is 171 Å². The zero-order chi connectivity index (χ0) is 20.3. The predicted molar refractivity (Wildman–Crippen MR) is 106 cm³/mol. The van der Waals surface area contributed by atoms with E-state index >= 15 is 0 Å². The van der Waals surface area contributed by atoms with Crippen LogP contribution in [0.5, 0.6) is 0 Å². The third kappa shape index (κ3) is 4.56. The number of nitrogens with zero attached hydrogens (tertiary/aromatic N) is 4. The Kier molecular flexibility index (Phi) is 6.05. The number of piperidine rings is 1. The number of carbonyl (C=O) groups is 1. The zero-order valence-corrected chi connectivity index (χ0v) is 17.4. The molecular formula is C20H28N4O4S. The molecule has 0 bridgehead atoms. The first-order valence-corrected chi connectivity index (χ1v) is 11.8. The Morgan fingerprint density at radius 3 is 2.62 bits per heavy atom. The zero-order valence-electron chi connectivity index (χ0n) is 16.6. The summed E-state index contributed by atoms with van der Waals surface area (Å²) in [4.78, 5) is 19.0. The van der Waals surface area contributed by atoms with E-state index in [0.29, 0.717) is 19.6 Å². The summed E-state index contributed by atoms with van der Waals surface area (Å²) in [5, 5.41) is 0.0191. The number of sulfonamides is 1. The molecule has 1 aliphatic heterocycles. The molecule has 2 aromatic heterocycles. The molecule has 2 aromatic rings. The molecule has 0 radical (unpaired) electrons. The van der Waals surface area contributed by atoms with E-state index in [0.717, 1.165) is 50.7 Å². The Bertz CT molecular complexity index is 910. The van der Waals surface area contributed by atoms with Gasteiger partial charge in [0.05, 0.1) is 19.1 Å². The lowest BCUT2D eigenvalue weighted by Gasteiger charge is -2.28. The van der Waals surface area contributed by atoms with Crippen molar-refractivity contribution < 1.29 is 17.6 Å². The molecule has 1 amide bonds. The second-order valence-electron chi connectivity index (χ2n) is 7.89. The van der Waals surface area contributed by atoms with Gasteiger partial charge in [-0.15, -0.1) is 0 Å². The summed E-state index contributed by atoms with van der Waals surface area (Å²) >= 11 is 0. The number of hydrogen-bond acceptors (Lipinski definition) is 5. The number of amides is 1. The van der Waals surface area contributed by atoms with Crippen LogP contribution in [0.3, 0.4) is 0 Å². The van der Waals surface area contributed by atoms with E-state index in [1.54, 1.807) is 10.8 Å². The van der Waals surface area contributed by atoms with Gasteiger partial charge in [0.2, 0.25) is 5.91 Å². The van der Waals surface area contributed by atoms with Crippen molar-refractivity contribution in [3.05, 3.63) is 36.7 Å². The van der Waals surface area contributed by atoms with E-state index in [-0.39, 0.29) is 23.5 Å². The van der Waals surface area contributed by atoms with Crippen LogP contribution in [0.4, 0.5) is 0 Å². The van der Waals surface area contributed by atoms with Crippen molar-refractivity contribution in [3.8, 4) is 0 Å². The minimum atomic E-state index is -3.59. The number of imidazole rings is 1. The predicted octanol–water partition coefficient (Wildman–Crippen LogP) is 2.62. The summed E-state index contributed by atoms with van der Waals surface area (Å²) in [7, 11) is -3.59. The highest BCUT2D eigenvalue weighted by molar-refractivity contribution is 7.89. The van der Waals surface area contributed by atoms with Gasteiger partial charge in [-0.25, -0.2) is 13.4 Å². The van der Waals surface area contributed by atoms with Crippen molar-refractivity contribution >= 4 is 15.9 Å². The summed E-state index contributed by atoms with van der Waals surface area (Å²) in [6, 6.07) is 3.89. The molecule has 0 N–H and O–H groups in total. The average Bonchev–Trinajstić information content (AvgIpc) is 3.49. The van der Waals surface area contributed by atoms with E-state index in [1.165, 1.54) is 16.8 Å². The third-order valence-electron chi connectivity index (χ3n) is 5.84. The molecule has 1 saturated heterocycles. The smallest absolute Gasteiger partial charge is 0.262 e. The van der Waals surface area contributed by atoms with Crippen molar-refractivity contribution in [1.82, 2.24) is 18.8 Å². The van der Waals surface area contributed by atoms with Gasteiger partial charge in [0.15, 0.2) is 5.03 Å². The largest absolute Gasteiger partial charge is 0.467 e. The Balaban J connectivity index is 1.46. The van der Waals surface area contributed by atoms with E-state index < -0.39 is 10.0 Å². The molecule has 8 nitrogen and oxygen atoms in total. The summed E-state index contributed by atoms with van der Waals surface area (Å²) in [5.41, 5.74) is 0. The fourth-order valence-electron chi connectivity index (χ4n) is 4.25. The maximum atomic E-state index is 13.1. The summed E-state index contributed by atoms with van der Waals surface area (Å²) in [5.74, 6) is 0.705. The van der Waals surface area contributed by atoms with Crippen LogP contribution < -0.4 is 0 Å². The number of hydrogen-bond donors (Lipinski definition) is 0. The Hall–Kier alpha value is -2.13. The van der Waals surface area contributed by atoms with E-state index in [9.17, 15) is 13.2 Å². The minimum Gasteiger partial charge on any atom is -0.467 e. The second-order valence-corrected chi connectivity index (χ2v) is 9.77. The summed E-state index contributed by atoms with van der Waals surface area (Å²) in [6.45, 7) is 1.57. The SMILES string of the molecule is O=C(Cn1cnc(S(=O)(=O)N2CCCCC2)c1)N(Cc1ccco1)C1CCCC1. The van der Waals surface area contributed by atoms with Gasteiger partial charge < -0.3 is 13.9 Å². The first kappa shape index (κ1) is 20.2. The molecule has 158 valence electrons. The van der Waals surface area contributed by atoms with Crippen molar-refractivity contribution in [2.24, 2.45) is 0 Å². The second kappa shape index (κ2) is 8.71. The van der Waals surface area contributed by atoms with Gasteiger partial charge in [-0.1, -0.05) is 19.3 Å². The highest BCUT2D eigenvalue weighted by atomic mass is 32.2. The fourth-order valence-corrected chi connectivity index (χ4v) is 5.70. The van der Waals surface area contributed by atoms with Crippen molar-refractivity contribution in [2.75, 3.05) is 13.1 Å². The average molecular weight is 421 g/mol. The lowest BCUT2D eigenvalue weighted by Crippen LogP contribution is -2.40. The van der Waals surface area contributed by atoms with Crippen LogP contribution in [0.1, 0.15) is 50.7 Å². The monoisotopic (exact) mass is 420 g/mol. The Morgan fingerprint density at radius 2 is 1.93 bits per heavy atom. The van der Waals surface area contributed by atoms with Crippen molar-refractivity contribution in [3.63, 3.8) is 0 Å². The molecule has 0 aromatic carbocycles. The topological polar surface area (TPSA) is 88.6 Å². The molecule has 3 heterocycles. The van der Waals surface area contributed by atoms with Crippen LogP contribution in [0.25, 0.3) is 0 Å². The summed E-state index contributed by atoms with van der Waals surface area (Å²) in [6.07, 6.45) is 11.6. The minimum absolute atomic E-state index is 0.0191. The normalized spacial score (nSPS) is 18.9. The first-order valence-electron chi connectivity index (χ1n) is 10.4. The molecule has 0 unspecified atom stereocenters. The molecule has 0 spiro atoms. The van der Waals surface area contributed by atoms with Crippen LogP contribution in [-0.2, 0) is 27.9 Å². The van der Waals surface area contributed by atoms with Crippen LogP contribution in [0, 0.1) is 0 Å². The molecule has 9 heteroatoms. The van der Waals surface area contributed by atoms with E-state index in [1.807, 2.05) is 17.0 Å². The quantitative estimate of drug-likeness (QED) is 0.687. The maximum absolute atomic E-state index is 13.1. The van der Waals surface area contributed by atoms with Crippen molar-refractivity contribution in [1.29, 1.82) is 0 Å². The first-order chi connectivity index (χ1) is 14.0. The van der Waals surface area contributed by atoms with Crippen LogP contribution in [0.15, 0.2) is 40.4 Å². The van der Waals surface area contributed by atoms with Gasteiger partial charge in [-0.3, -0.25) is 4.79 Å². The number of carbonyl (C=O) groups excluding carboxylic acids is 1. The molecule has 0 atom stereocenters. The van der Waals surface area contributed by atoms with Crippen LogP contribution in [0.2, 0.25) is 0 Å². The standard InChI is InChI=1S/C20H28N4O4S/c25-20(24(17-7-2-3-8-17)13-18-9-6-12-28-18)15-22-14-19(21-16-22)29(26,27)23-10-4-1-5-11-23/h6,9,12,14,16-17H,1-5,7-8,10-11,13,15H2. The Morgan fingerprint density at radius 1 is 1.17 bits per heavy atom. The lowest BCUT2D eigenvalue weighted by molar-refractivity contribution is -0.135. The van der Waals surface area contributed by atoms with Gasteiger partial charge in [0, 0.05) is 25.3 Å². The van der Waals surface area contributed by atoms with Gasteiger partial charge in [-0.05, 0) is 37.8 Å². The van der Waals surface area contributed by atoms with Gasteiger partial charge in [0.1, 0.15) is 12.3 Å². The van der Waals surface area contributed by atoms with Crippen LogP contribution >= 0.6 is 0 Å². The van der Waals surface area contributed by atoms with Crippen LogP contribution in [-0.4, -0.2) is 52.2 Å². The van der Waals surface area contributed by atoms with Gasteiger partial charge in [0.25, 0.3) is 10.0 Å². The molecule has 2 aliphatic rings. The molecule has 1 aliphatic carbocycles. The van der Waals surface area contributed by atoms with Gasteiger partial charge in [-0.2, -0.15) is 4.31 Å². The highest BCUT2D eigenvalue weighted by Gasteiger charge is 2.30. The molecule has 2 fully saturated rings. The van der Waals surface area contributed by atoms with E-state index in [4.69, 9.17) is 4.42 Å². The maximum Gasteiger partial charge on any atom is 0.262 e. The number of aromatic nitrogens is 2. The van der Waals surface area contributed by atoms with E-state index in [2.05, 4.69) is 4.98 Å². The number of furan rings is 1. The third-order valence-corrected chi connectivity index (χ3v) is 7.62. The van der Waals surface area contributed by atoms with Crippen molar-refractivity contribution in [2.45, 2.75) is 69.1 Å². The molecule has 29 heavy (non-hydrogen) atoms. The number of rotatable bonds is 7. The van der Waals surface area contributed by atoms with Gasteiger partial charge >= 0.3 is 0 Å². The molecule has 4 rings (SSSR count). The fraction of sp³-hybridized carbons (Fsp3) is 0.600. The molecule has 1 saturated carbocycles.